The molecular weight excluding hydrogens is 372 g/mol. The van der Waals surface area contributed by atoms with Gasteiger partial charge in [-0.3, -0.25) is 19.2 Å². The molecule has 0 radical (unpaired) electrons. The number of amides is 2. The fourth-order valence-corrected chi connectivity index (χ4v) is 4.83. The highest BCUT2D eigenvalue weighted by Gasteiger charge is 2.55. The first-order chi connectivity index (χ1) is 14.0. The van der Waals surface area contributed by atoms with Crippen molar-refractivity contribution in [2.45, 2.75) is 19.3 Å². The highest BCUT2D eigenvalue weighted by molar-refractivity contribution is 5.94. The van der Waals surface area contributed by atoms with Gasteiger partial charge in [-0.25, -0.2) is 9.78 Å². The van der Waals surface area contributed by atoms with Gasteiger partial charge in [0.05, 0.1) is 11.6 Å². The van der Waals surface area contributed by atoms with Crippen molar-refractivity contribution in [3.05, 3.63) is 36.8 Å². The molecule has 1 saturated carbocycles. The number of aromatic nitrogens is 4. The third kappa shape index (κ3) is 2.68. The van der Waals surface area contributed by atoms with Crippen molar-refractivity contribution < 1.29 is 14.7 Å². The highest BCUT2D eigenvalue weighted by Crippen LogP contribution is 2.49. The van der Waals surface area contributed by atoms with E-state index in [1.165, 1.54) is 0 Å². The molecule has 1 aliphatic carbocycles. The maximum absolute atomic E-state index is 13.1. The number of fused-ring (bicyclic) bond motifs is 2. The Morgan fingerprint density at radius 1 is 1.34 bits per heavy atom. The molecule has 3 aromatic heterocycles. The normalized spacial score (nSPS) is 23.5. The number of pyridine rings is 1. The fourth-order valence-electron chi connectivity index (χ4n) is 4.83. The first-order valence-electron chi connectivity index (χ1n) is 9.73. The Morgan fingerprint density at radius 2 is 2.21 bits per heavy atom. The lowest BCUT2D eigenvalue weighted by Crippen LogP contribution is -2.38. The summed E-state index contributed by atoms with van der Waals surface area (Å²) in [5, 5.41) is 17.0. The Bertz CT molecular complexity index is 1120. The average molecular weight is 394 g/mol. The van der Waals surface area contributed by atoms with Crippen LogP contribution in [0.25, 0.3) is 16.9 Å². The summed E-state index contributed by atoms with van der Waals surface area (Å²) in [6.45, 7) is 0.717. The maximum Gasteiger partial charge on any atom is 0.323 e. The molecule has 0 aromatic carbocycles. The lowest BCUT2D eigenvalue weighted by molar-refractivity contribution is -0.149. The van der Waals surface area contributed by atoms with Gasteiger partial charge in [0, 0.05) is 38.1 Å². The van der Waals surface area contributed by atoms with Crippen LogP contribution in [0, 0.1) is 11.3 Å². The molecule has 150 valence electrons. The Balaban J connectivity index is 1.48. The molecular formula is C20H22N6O3. The van der Waals surface area contributed by atoms with E-state index in [0.717, 1.165) is 18.4 Å². The van der Waals surface area contributed by atoms with E-state index in [9.17, 15) is 14.7 Å². The van der Waals surface area contributed by atoms with Gasteiger partial charge in [-0.05, 0) is 30.9 Å². The largest absolute Gasteiger partial charge is 0.481 e. The number of anilines is 1. The number of aliphatic carboxylic acids is 1. The van der Waals surface area contributed by atoms with Crippen molar-refractivity contribution in [1.82, 2.24) is 24.1 Å². The van der Waals surface area contributed by atoms with Crippen LogP contribution < -0.4 is 5.32 Å². The van der Waals surface area contributed by atoms with E-state index in [-0.39, 0.29) is 18.5 Å². The molecule has 2 atom stereocenters. The number of aryl methyl sites for hydroxylation is 1. The number of imidazole rings is 1. The van der Waals surface area contributed by atoms with Gasteiger partial charge < -0.3 is 10.0 Å². The second kappa shape index (κ2) is 6.33. The van der Waals surface area contributed by atoms with Crippen LogP contribution in [0.15, 0.2) is 36.8 Å². The van der Waals surface area contributed by atoms with Gasteiger partial charge in [-0.15, -0.1) is 0 Å². The Morgan fingerprint density at radius 3 is 2.93 bits per heavy atom. The van der Waals surface area contributed by atoms with E-state index in [1.54, 1.807) is 15.8 Å². The molecule has 2 fully saturated rings. The summed E-state index contributed by atoms with van der Waals surface area (Å²) >= 11 is 0. The predicted octanol–water partition coefficient (Wildman–Crippen LogP) is 2.45. The number of hydrogen-bond donors (Lipinski definition) is 2. The molecule has 5 rings (SSSR count). The number of hydrogen-bond acceptors (Lipinski definition) is 4. The summed E-state index contributed by atoms with van der Waals surface area (Å²) in [5.74, 6) is -0.216. The van der Waals surface area contributed by atoms with Crippen LogP contribution >= 0.6 is 0 Å². The lowest BCUT2D eigenvalue weighted by Gasteiger charge is -2.23. The van der Waals surface area contributed by atoms with E-state index in [0.29, 0.717) is 30.1 Å². The Hall–Kier alpha value is -3.36. The van der Waals surface area contributed by atoms with E-state index >= 15 is 0 Å². The Kier molecular flexibility index (Phi) is 3.87. The van der Waals surface area contributed by atoms with E-state index in [4.69, 9.17) is 0 Å². The van der Waals surface area contributed by atoms with Gasteiger partial charge in [-0.1, -0.05) is 12.5 Å². The minimum atomic E-state index is -0.803. The number of carbonyl (C=O) groups is 2. The molecule has 9 nitrogen and oxygen atoms in total. The molecule has 4 heterocycles. The van der Waals surface area contributed by atoms with Gasteiger partial charge in [0.2, 0.25) is 0 Å². The highest BCUT2D eigenvalue weighted by atomic mass is 16.4. The van der Waals surface area contributed by atoms with Gasteiger partial charge in [0.25, 0.3) is 0 Å². The van der Waals surface area contributed by atoms with E-state index in [2.05, 4.69) is 15.4 Å². The minimum absolute atomic E-state index is 0.0192. The number of urea groups is 1. The first-order valence-corrected chi connectivity index (χ1v) is 9.73. The van der Waals surface area contributed by atoms with Crippen LogP contribution in [0.4, 0.5) is 10.6 Å². The van der Waals surface area contributed by atoms with Crippen LogP contribution in [0.5, 0.6) is 0 Å². The SMILES string of the molecule is Cn1cc(-c2nc3ccccn3c2NC(=O)N2C[C@@H]3CCC[C@@]3(C(=O)O)C2)cn1. The summed E-state index contributed by atoms with van der Waals surface area (Å²) in [4.78, 5) is 31.3. The van der Waals surface area contributed by atoms with Crippen molar-refractivity contribution >= 4 is 23.5 Å². The second-order valence-electron chi connectivity index (χ2n) is 8.00. The minimum Gasteiger partial charge on any atom is -0.481 e. The zero-order chi connectivity index (χ0) is 20.2. The van der Waals surface area contributed by atoms with Crippen molar-refractivity contribution in [2.24, 2.45) is 18.4 Å². The molecule has 29 heavy (non-hydrogen) atoms. The van der Waals surface area contributed by atoms with Gasteiger partial charge in [0.1, 0.15) is 17.2 Å². The van der Waals surface area contributed by atoms with Crippen LogP contribution in [0.3, 0.4) is 0 Å². The predicted molar refractivity (Wildman–Crippen MR) is 105 cm³/mol. The quantitative estimate of drug-likeness (QED) is 0.710. The third-order valence-electron chi connectivity index (χ3n) is 6.32. The van der Waals surface area contributed by atoms with Crippen molar-refractivity contribution in [3.63, 3.8) is 0 Å². The fraction of sp³-hybridized carbons (Fsp3) is 0.400. The standard InChI is InChI=1S/C20H22N6O3/c1-24-10-13(9-21-24)16-17(26-8-3-2-6-15(26)22-16)23-19(29)25-11-14-5-4-7-20(14,12-25)18(27)28/h2-3,6,8-10,14H,4-5,7,11-12H2,1H3,(H,23,29)(H,27,28)/t14-,20+/m0/s1. The summed E-state index contributed by atoms with van der Waals surface area (Å²) in [6.07, 6.45) is 7.79. The first kappa shape index (κ1) is 17.7. The molecule has 0 spiro atoms. The second-order valence-corrected chi connectivity index (χ2v) is 8.00. The maximum atomic E-state index is 13.1. The lowest BCUT2D eigenvalue weighted by atomic mass is 9.81. The van der Waals surface area contributed by atoms with Crippen LogP contribution in [0.2, 0.25) is 0 Å². The summed E-state index contributed by atoms with van der Waals surface area (Å²) in [5.41, 5.74) is 1.34. The van der Waals surface area contributed by atoms with E-state index in [1.807, 2.05) is 42.0 Å². The van der Waals surface area contributed by atoms with Gasteiger partial charge in [0.15, 0.2) is 0 Å². The number of rotatable bonds is 3. The number of carboxylic acids is 1. The summed E-state index contributed by atoms with van der Waals surface area (Å²) in [7, 11) is 1.83. The van der Waals surface area contributed by atoms with Crippen molar-refractivity contribution in [1.29, 1.82) is 0 Å². The van der Waals surface area contributed by atoms with Crippen LogP contribution in [0.1, 0.15) is 19.3 Å². The van der Waals surface area contributed by atoms with Gasteiger partial charge >= 0.3 is 12.0 Å². The topological polar surface area (TPSA) is 105 Å². The molecule has 2 aliphatic rings. The molecule has 2 N–H and O–H groups in total. The van der Waals surface area contributed by atoms with Gasteiger partial charge in [-0.2, -0.15) is 5.10 Å². The number of likely N-dealkylation sites (tertiary alicyclic amines) is 1. The summed E-state index contributed by atoms with van der Waals surface area (Å²) in [6, 6.07) is 5.33. The van der Waals surface area contributed by atoms with Crippen LogP contribution in [-0.2, 0) is 11.8 Å². The third-order valence-corrected chi connectivity index (χ3v) is 6.32. The zero-order valence-electron chi connectivity index (χ0n) is 16.1. The number of nitrogens with one attached hydrogen (secondary N) is 1. The van der Waals surface area contributed by atoms with E-state index < -0.39 is 11.4 Å². The molecule has 9 heteroatoms. The molecule has 1 saturated heterocycles. The molecule has 0 unspecified atom stereocenters. The number of carboxylic acid groups (broad SMARTS) is 1. The van der Waals surface area contributed by atoms with Crippen molar-refractivity contribution in [3.8, 4) is 11.3 Å². The Labute approximate surface area is 166 Å². The monoisotopic (exact) mass is 394 g/mol. The average Bonchev–Trinajstić information content (AvgIpc) is 3.43. The molecule has 3 aromatic rings. The molecule has 1 aliphatic heterocycles. The smallest absolute Gasteiger partial charge is 0.323 e. The zero-order valence-corrected chi connectivity index (χ0v) is 16.1. The molecule has 2 amide bonds. The molecule has 0 bridgehead atoms. The summed E-state index contributed by atoms with van der Waals surface area (Å²) < 4.78 is 3.51. The van der Waals surface area contributed by atoms with Crippen LogP contribution in [-0.4, -0.2) is 54.3 Å². The number of nitrogens with zero attached hydrogens (tertiary/aromatic N) is 5. The number of carbonyl (C=O) groups excluding carboxylic acids is 1. The van der Waals surface area contributed by atoms with Crippen molar-refractivity contribution in [2.75, 3.05) is 18.4 Å².